The summed E-state index contributed by atoms with van der Waals surface area (Å²) >= 11 is 6.47. The van der Waals surface area contributed by atoms with Crippen LogP contribution in [0, 0.1) is 11.8 Å². The number of halogens is 1. The number of hydrogen-bond acceptors (Lipinski definition) is 4. The van der Waals surface area contributed by atoms with Crippen molar-refractivity contribution in [1.82, 2.24) is 9.80 Å². The van der Waals surface area contributed by atoms with Gasteiger partial charge in [-0.25, -0.2) is 0 Å². The SMILES string of the molecule is CCN(C)C(=O)c1ccc(N2CCC(CC3CCN(C(=O)[C@H](O)c4ccccc4)CC3)CC2)cc1Cl. The van der Waals surface area contributed by atoms with Crippen molar-refractivity contribution in [2.45, 2.75) is 45.1 Å². The molecule has 1 atom stereocenters. The molecule has 2 aliphatic heterocycles. The van der Waals surface area contributed by atoms with E-state index < -0.39 is 6.10 Å². The monoisotopic (exact) mass is 511 g/mol. The molecule has 0 spiro atoms. The van der Waals surface area contributed by atoms with Crippen molar-refractivity contribution >= 4 is 29.1 Å². The summed E-state index contributed by atoms with van der Waals surface area (Å²) in [5, 5.41) is 11.0. The maximum absolute atomic E-state index is 12.7. The normalized spacial score (nSPS) is 18.2. The number of anilines is 1. The van der Waals surface area contributed by atoms with Gasteiger partial charge in [-0.15, -0.1) is 0 Å². The molecule has 0 aromatic heterocycles. The van der Waals surface area contributed by atoms with Gasteiger partial charge in [-0.05, 0) is 74.6 Å². The van der Waals surface area contributed by atoms with E-state index in [2.05, 4.69) is 4.90 Å². The molecule has 36 heavy (non-hydrogen) atoms. The Morgan fingerprint density at radius 1 is 1.00 bits per heavy atom. The molecule has 0 radical (unpaired) electrons. The second-order valence-electron chi connectivity index (χ2n) is 10.2. The quantitative estimate of drug-likeness (QED) is 0.567. The van der Waals surface area contributed by atoms with E-state index >= 15 is 0 Å². The van der Waals surface area contributed by atoms with Crippen molar-refractivity contribution < 1.29 is 14.7 Å². The summed E-state index contributed by atoms with van der Waals surface area (Å²) < 4.78 is 0. The molecule has 0 unspecified atom stereocenters. The molecule has 1 N–H and O–H groups in total. The number of likely N-dealkylation sites (tertiary alicyclic amines) is 1. The van der Waals surface area contributed by atoms with Gasteiger partial charge in [-0.2, -0.15) is 0 Å². The van der Waals surface area contributed by atoms with Crippen molar-refractivity contribution in [2.24, 2.45) is 11.8 Å². The maximum Gasteiger partial charge on any atom is 0.256 e. The van der Waals surface area contributed by atoms with Gasteiger partial charge in [0.05, 0.1) is 10.6 Å². The lowest BCUT2D eigenvalue weighted by Crippen LogP contribution is -2.42. The fourth-order valence-corrected chi connectivity index (χ4v) is 5.72. The predicted octanol–water partition coefficient (Wildman–Crippen LogP) is 5.01. The number of aliphatic hydroxyl groups excluding tert-OH is 1. The molecule has 2 aromatic carbocycles. The Morgan fingerprint density at radius 2 is 1.61 bits per heavy atom. The topological polar surface area (TPSA) is 64.1 Å². The Bertz CT molecular complexity index is 1030. The van der Waals surface area contributed by atoms with Crippen molar-refractivity contribution in [3.05, 3.63) is 64.7 Å². The number of hydrogen-bond donors (Lipinski definition) is 1. The predicted molar refractivity (Wildman–Crippen MR) is 144 cm³/mol. The van der Waals surface area contributed by atoms with Crippen LogP contribution in [0.2, 0.25) is 5.02 Å². The summed E-state index contributed by atoms with van der Waals surface area (Å²) in [6, 6.07) is 15.0. The lowest BCUT2D eigenvalue weighted by atomic mass is 9.82. The Labute approximate surface area is 219 Å². The van der Waals surface area contributed by atoms with E-state index in [1.165, 1.54) is 6.42 Å². The smallest absolute Gasteiger partial charge is 0.256 e. The van der Waals surface area contributed by atoms with Crippen LogP contribution in [0.4, 0.5) is 5.69 Å². The van der Waals surface area contributed by atoms with Crippen molar-refractivity contribution in [3.63, 3.8) is 0 Å². The van der Waals surface area contributed by atoms with Crippen LogP contribution < -0.4 is 4.90 Å². The summed E-state index contributed by atoms with van der Waals surface area (Å²) in [6.07, 6.45) is 4.43. The van der Waals surface area contributed by atoms with Crippen LogP contribution in [0.1, 0.15) is 61.1 Å². The van der Waals surface area contributed by atoms with Gasteiger partial charge in [0.2, 0.25) is 0 Å². The highest BCUT2D eigenvalue weighted by atomic mass is 35.5. The Morgan fingerprint density at radius 3 is 2.19 bits per heavy atom. The molecule has 2 amide bonds. The molecule has 2 heterocycles. The van der Waals surface area contributed by atoms with Crippen LogP contribution in [0.15, 0.2) is 48.5 Å². The molecule has 2 saturated heterocycles. The highest BCUT2D eigenvalue weighted by Gasteiger charge is 2.30. The van der Waals surface area contributed by atoms with Gasteiger partial charge in [-0.1, -0.05) is 41.9 Å². The van der Waals surface area contributed by atoms with Crippen LogP contribution in [0.3, 0.4) is 0 Å². The molecule has 194 valence electrons. The maximum atomic E-state index is 12.7. The molecule has 2 fully saturated rings. The molecule has 7 heteroatoms. The van der Waals surface area contributed by atoms with Crippen LogP contribution in [0.25, 0.3) is 0 Å². The fraction of sp³-hybridized carbons (Fsp3) is 0.517. The number of nitrogens with zero attached hydrogens (tertiary/aromatic N) is 3. The third-order valence-corrected chi connectivity index (χ3v) is 8.24. The average Bonchev–Trinajstić information content (AvgIpc) is 2.92. The first-order valence-electron chi connectivity index (χ1n) is 13.2. The largest absolute Gasteiger partial charge is 0.378 e. The van der Waals surface area contributed by atoms with Crippen LogP contribution in [0.5, 0.6) is 0 Å². The van der Waals surface area contributed by atoms with E-state index in [1.807, 2.05) is 48.2 Å². The van der Waals surface area contributed by atoms with E-state index in [-0.39, 0.29) is 11.8 Å². The number of benzene rings is 2. The van der Waals surface area contributed by atoms with Crippen molar-refractivity contribution in [1.29, 1.82) is 0 Å². The third-order valence-electron chi connectivity index (χ3n) is 7.93. The number of amides is 2. The number of aliphatic hydroxyl groups is 1. The van der Waals surface area contributed by atoms with Gasteiger partial charge in [0.15, 0.2) is 6.10 Å². The molecular formula is C29H38ClN3O3. The highest BCUT2D eigenvalue weighted by molar-refractivity contribution is 6.34. The van der Waals surface area contributed by atoms with Gasteiger partial charge in [0.1, 0.15) is 0 Å². The van der Waals surface area contributed by atoms with E-state index in [1.54, 1.807) is 24.1 Å². The van der Waals surface area contributed by atoms with Gasteiger partial charge >= 0.3 is 0 Å². The van der Waals surface area contributed by atoms with E-state index in [9.17, 15) is 14.7 Å². The van der Waals surface area contributed by atoms with E-state index in [4.69, 9.17) is 11.6 Å². The molecule has 2 aromatic rings. The van der Waals surface area contributed by atoms with Crippen molar-refractivity contribution in [3.8, 4) is 0 Å². The first-order chi connectivity index (χ1) is 17.4. The second-order valence-corrected chi connectivity index (χ2v) is 10.6. The number of carbonyl (C=O) groups excluding carboxylic acids is 2. The third kappa shape index (κ3) is 6.22. The summed E-state index contributed by atoms with van der Waals surface area (Å²) in [7, 11) is 1.78. The molecular weight excluding hydrogens is 474 g/mol. The fourth-order valence-electron chi connectivity index (χ4n) is 5.46. The highest BCUT2D eigenvalue weighted by Crippen LogP contribution is 2.33. The summed E-state index contributed by atoms with van der Waals surface area (Å²) in [4.78, 5) is 31.1. The zero-order chi connectivity index (χ0) is 25.7. The van der Waals surface area contributed by atoms with Crippen LogP contribution in [-0.4, -0.2) is 66.5 Å². The zero-order valence-corrected chi connectivity index (χ0v) is 22.2. The van der Waals surface area contributed by atoms with E-state index in [0.717, 1.165) is 57.5 Å². The molecule has 0 saturated carbocycles. The van der Waals surface area contributed by atoms with Crippen LogP contribution >= 0.6 is 11.6 Å². The lowest BCUT2D eigenvalue weighted by Gasteiger charge is -2.38. The number of rotatable bonds is 7. The first-order valence-corrected chi connectivity index (χ1v) is 13.6. The second kappa shape index (κ2) is 12.1. The summed E-state index contributed by atoms with van der Waals surface area (Å²) in [6.45, 7) is 6.03. The molecule has 0 bridgehead atoms. The van der Waals surface area contributed by atoms with Crippen LogP contribution in [-0.2, 0) is 4.79 Å². The van der Waals surface area contributed by atoms with Gasteiger partial charge in [0.25, 0.3) is 11.8 Å². The lowest BCUT2D eigenvalue weighted by molar-refractivity contribution is -0.142. The Balaban J connectivity index is 1.23. The minimum atomic E-state index is -1.07. The van der Waals surface area contributed by atoms with Gasteiger partial charge in [-0.3, -0.25) is 9.59 Å². The molecule has 4 rings (SSSR count). The van der Waals surface area contributed by atoms with E-state index in [0.29, 0.717) is 34.5 Å². The molecule has 2 aliphatic rings. The Hall–Kier alpha value is -2.57. The average molecular weight is 512 g/mol. The summed E-state index contributed by atoms with van der Waals surface area (Å²) in [5.41, 5.74) is 2.30. The molecule has 6 nitrogen and oxygen atoms in total. The standard InChI is InChI=1S/C29H38ClN3O3/c1-3-31(2)28(35)25-10-9-24(20-26(25)30)32-15-11-21(12-16-32)19-22-13-17-33(18-14-22)29(36)27(34)23-7-5-4-6-8-23/h4-10,20-22,27,34H,3,11-19H2,1-2H3/t27-/m1/s1. The Kier molecular flexibility index (Phi) is 8.91. The minimum Gasteiger partial charge on any atom is -0.378 e. The zero-order valence-electron chi connectivity index (χ0n) is 21.4. The number of piperidine rings is 2. The first kappa shape index (κ1) is 26.5. The molecule has 0 aliphatic carbocycles. The van der Waals surface area contributed by atoms with Gasteiger partial charge in [0, 0.05) is 45.5 Å². The van der Waals surface area contributed by atoms with Gasteiger partial charge < -0.3 is 19.8 Å². The summed E-state index contributed by atoms with van der Waals surface area (Å²) in [5.74, 6) is 1.10. The minimum absolute atomic E-state index is 0.0462. The van der Waals surface area contributed by atoms with Crippen molar-refractivity contribution in [2.75, 3.05) is 44.7 Å². The number of carbonyl (C=O) groups is 2.